The van der Waals surface area contributed by atoms with Gasteiger partial charge in [-0.3, -0.25) is 19.2 Å². The van der Waals surface area contributed by atoms with Crippen LogP contribution in [-0.4, -0.2) is 88.9 Å². The van der Waals surface area contributed by atoms with Gasteiger partial charge in [0, 0.05) is 5.75 Å². The van der Waals surface area contributed by atoms with E-state index in [1.807, 2.05) is 6.92 Å². The molecule has 4 amide bonds. The Morgan fingerprint density at radius 3 is 2.00 bits per heavy atom. The van der Waals surface area contributed by atoms with E-state index in [9.17, 15) is 34.2 Å². The number of thiol groups is 1. The van der Waals surface area contributed by atoms with Crippen molar-refractivity contribution in [1.29, 1.82) is 0 Å². The van der Waals surface area contributed by atoms with Crippen molar-refractivity contribution in [3.05, 3.63) is 0 Å². The molecule has 0 saturated heterocycles. The minimum Gasteiger partial charge on any atom is -0.480 e. The first-order valence-electron chi connectivity index (χ1n) is 11.6. The van der Waals surface area contributed by atoms with Gasteiger partial charge >= 0.3 is 5.97 Å². The molecule has 0 fully saturated rings. The summed E-state index contributed by atoms with van der Waals surface area (Å²) < 4.78 is 0. The zero-order chi connectivity index (χ0) is 27.0. The van der Waals surface area contributed by atoms with Crippen molar-refractivity contribution < 1.29 is 34.2 Å². The van der Waals surface area contributed by atoms with Crippen LogP contribution in [0.25, 0.3) is 0 Å². The van der Waals surface area contributed by atoms with Crippen LogP contribution in [0.5, 0.6) is 0 Å². The predicted octanol–water partition coefficient (Wildman–Crippen LogP) is -2.40. The minimum absolute atomic E-state index is 0.0966. The first kappa shape index (κ1) is 32.6. The molecule has 0 aromatic rings. The number of rotatable bonds is 18. The average molecular weight is 521 g/mol. The summed E-state index contributed by atoms with van der Waals surface area (Å²) in [5.74, 6) is -4.06. The first-order chi connectivity index (χ1) is 16.5. The van der Waals surface area contributed by atoms with Crippen LogP contribution in [0.3, 0.4) is 0 Å². The smallest absolute Gasteiger partial charge is 0.326 e. The Bertz CT molecular complexity index is 710. The van der Waals surface area contributed by atoms with Crippen LogP contribution in [0.15, 0.2) is 0 Å². The number of unbranched alkanes of at least 4 members (excludes halogenated alkanes) is 2. The normalized spacial score (nSPS) is 15.1. The summed E-state index contributed by atoms with van der Waals surface area (Å²) >= 11 is 4.04. The number of aliphatic hydroxyl groups is 1. The predicted molar refractivity (Wildman–Crippen MR) is 132 cm³/mol. The van der Waals surface area contributed by atoms with Crippen molar-refractivity contribution in [1.82, 2.24) is 21.3 Å². The second-order valence-electron chi connectivity index (χ2n) is 8.17. The molecule has 0 bridgehead atoms. The van der Waals surface area contributed by atoms with Crippen LogP contribution in [0.2, 0.25) is 0 Å². The fraction of sp³-hybridized carbons (Fsp3) is 0.762. The maximum absolute atomic E-state index is 12.6. The van der Waals surface area contributed by atoms with Crippen molar-refractivity contribution in [2.45, 2.75) is 82.6 Å². The van der Waals surface area contributed by atoms with E-state index < -0.39 is 66.4 Å². The third kappa shape index (κ3) is 13.3. The van der Waals surface area contributed by atoms with Gasteiger partial charge in [0.05, 0.1) is 12.6 Å². The number of hydrogen-bond donors (Lipinski definition) is 9. The number of carboxylic acids is 1. The Kier molecular flexibility index (Phi) is 16.7. The van der Waals surface area contributed by atoms with Crippen LogP contribution in [-0.2, 0) is 24.0 Å². The number of aliphatic hydroxyl groups excluding tert-OH is 1. The van der Waals surface area contributed by atoms with Gasteiger partial charge < -0.3 is 42.9 Å². The van der Waals surface area contributed by atoms with Gasteiger partial charge in [-0.15, -0.1) is 0 Å². The lowest BCUT2D eigenvalue weighted by atomic mass is 10.1. The van der Waals surface area contributed by atoms with Gasteiger partial charge in [0.15, 0.2) is 0 Å². The number of carboxylic acid groups (broad SMARTS) is 1. The fourth-order valence-electron chi connectivity index (χ4n) is 2.92. The molecule has 0 radical (unpaired) electrons. The zero-order valence-electron chi connectivity index (χ0n) is 20.3. The van der Waals surface area contributed by atoms with Gasteiger partial charge in [0.2, 0.25) is 23.6 Å². The van der Waals surface area contributed by atoms with Crippen LogP contribution < -0.4 is 32.7 Å². The van der Waals surface area contributed by atoms with Crippen molar-refractivity contribution >= 4 is 42.2 Å². The number of carbonyl (C=O) groups is 5. The quantitative estimate of drug-likeness (QED) is 0.0692. The van der Waals surface area contributed by atoms with Crippen molar-refractivity contribution in [3.63, 3.8) is 0 Å². The highest BCUT2D eigenvalue weighted by Crippen LogP contribution is 2.03. The molecule has 0 aliphatic heterocycles. The van der Waals surface area contributed by atoms with Crippen LogP contribution in [0.4, 0.5) is 0 Å². The molecule has 0 aliphatic carbocycles. The second-order valence-corrected chi connectivity index (χ2v) is 8.54. The van der Waals surface area contributed by atoms with Crippen LogP contribution in [0.1, 0.15) is 52.4 Å². The highest BCUT2D eigenvalue weighted by molar-refractivity contribution is 7.80. The van der Waals surface area contributed by atoms with Gasteiger partial charge in [-0.1, -0.05) is 19.8 Å². The zero-order valence-corrected chi connectivity index (χ0v) is 21.2. The van der Waals surface area contributed by atoms with Gasteiger partial charge in [0.25, 0.3) is 0 Å². The molecule has 0 unspecified atom stereocenters. The summed E-state index contributed by atoms with van der Waals surface area (Å²) in [7, 11) is 0. The molecule has 0 aromatic carbocycles. The third-order valence-corrected chi connectivity index (χ3v) is 5.49. The number of nitrogens with one attached hydrogen (secondary N) is 4. The third-order valence-electron chi connectivity index (χ3n) is 5.12. The topological polar surface area (TPSA) is 226 Å². The van der Waals surface area contributed by atoms with E-state index in [1.165, 1.54) is 6.92 Å². The summed E-state index contributed by atoms with van der Waals surface area (Å²) in [4.78, 5) is 60.8. The van der Waals surface area contributed by atoms with Gasteiger partial charge in [0.1, 0.15) is 24.2 Å². The van der Waals surface area contributed by atoms with Crippen molar-refractivity contribution in [2.75, 3.05) is 18.8 Å². The molecule has 14 heteroatoms. The number of amides is 4. The molecule has 5 atom stereocenters. The van der Waals surface area contributed by atoms with Crippen LogP contribution >= 0.6 is 12.6 Å². The largest absolute Gasteiger partial charge is 0.480 e. The molecule has 0 heterocycles. The van der Waals surface area contributed by atoms with E-state index in [2.05, 4.69) is 33.9 Å². The molecule has 0 rings (SSSR count). The Balaban J connectivity index is 4.96. The Hall–Kier alpha value is -2.42. The van der Waals surface area contributed by atoms with Crippen LogP contribution in [0, 0.1) is 0 Å². The SMILES string of the molecule is CCCC[C@H](NC(=O)[C@@H](CS)NC(=O)CNC(=O)[C@@H](CCCCN)NC(=O)[C@@H](N)[C@@H](C)O)C(=O)O. The summed E-state index contributed by atoms with van der Waals surface area (Å²) in [6.07, 6.45) is 1.85. The van der Waals surface area contributed by atoms with E-state index >= 15 is 0 Å². The van der Waals surface area contributed by atoms with Gasteiger partial charge in [-0.25, -0.2) is 4.79 Å². The second kappa shape index (κ2) is 17.9. The van der Waals surface area contributed by atoms with E-state index in [0.29, 0.717) is 25.8 Å². The highest BCUT2D eigenvalue weighted by atomic mass is 32.1. The highest BCUT2D eigenvalue weighted by Gasteiger charge is 2.27. The number of hydrogen-bond acceptors (Lipinski definition) is 9. The monoisotopic (exact) mass is 520 g/mol. The lowest BCUT2D eigenvalue weighted by Gasteiger charge is -2.22. The Morgan fingerprint density at radius 2 is 1.49 bits per heavy atom. The van der Waals surface area contributed by atoms with Gasteiger partial charge in [-0.05, 0) is 39.2 Å². The minimum atomic E-state index is -1.23. The Morgan fingerprint density at radius 1 is 0.886 bits per heavy atom. The number of nitrogens with two attached hydrogens (primary N) is 2. The fourth-order valence-corrected chi connectivity index (χ4v) is 3.17. The molecular formula is C21H40N6O7S. The summed E-state index contributed by atoms with van der Waals surface area (Å²) in [5, 5.41) is 28.4. The van der Waals surface area contributed by atoms with Crippen molar-refractivity contribution in [2.24, 2.45) is 11.5 Å². The number of aliphatic carboxylic acids is 1. The van der Waals surface area contributed by atoms with Crippen molar-refractivity contribution in [3.8, 4) is 0 Å². The maximum Gasteiger partial charge on any atom is 0.326 e. The molecule has 0 spiro atoms. The van der Waals surface area contributed by atoms with E-state index in [1.54, 1.807) is 0 Å². The molecule has 35 heavy (non-hydrogen) atoms. The molecule has 0 aromatic heterocycles. The molecule has 0 saturated carbocycles. The molecular weight excluding hydrogens is 480 g/mol. The van der Waals surface area contributed by atoms with E-state index in [-0.39, 0.29) is 18.6 Å². The standard InChI is InChI=1S/C21H40N6O7S/c1-3-4-7-14(21(33)34)27-19(31)15(11-35)25-16(29)10-24-18(30)13(8-5-6-9-22)26-20(32)17(23)12(2)28/h12-15,17,28,35H,3-11,22-23H2,1-2H3,(H,24,30)(H,25,29)(H,26,32)(H,27,31)(H,33,34)/t12-,13-,14+,15-,17+/m1/s1. The summed E-state index contributed by atoms with van der Waals surface area (Å²) in [6.45, 7) is 3.13. The maximum atomic E-state index is 12.6. The van der Waals surface area contributed by atoms with E-state index in [4.69, 9.17) is 11.5 Å². The molecule has 0 aliphatic rings. The molecule has 202 valence electrons. The average Bonchev–Trinajstić information content (AvgIpc) is 2.81. The molecule has 13 nitrogen and oxygen atoms in total. The van der Waals surface area contributed by atoms with E-state index in [0.717, 1.165) is 6.42 Å². The summed E-state index contributed by atoms with van der Waals surface area (Å²) in [5.41, 5.74) is 11.1. The Labute approximate surface area is 210 Å². The van der Waals surface area contributed by atoms with Gasteiger partial charge in [-0.2, -0.15) is 12.6 Å². The lowest BCUT2D eigenvalue weighted by Crippen LogP contribution is -2.56. The lowest BCUT2D eigenvalue weighted by molar-refractivity contribution is -0.142. The molecule has 10 N–H and O–H groups in total. The number of carbonyl (C=O) groups excluding carboxylic acids is 4. The summed E-state index contributed by atoms with van der Waals surface area (Å²) in [6, 6.07) is -4.45. The first-order valence-corrected chi connectivity index (χ1v) is 12.3.